The molecule has 0 saturated heterocycles. The van der Waals surface area contributed by atoms with Crippen molar-refractivity contribution < 1.29 is 14.0 Å². The molecule has 1 heterocycles. The van der Waals surface area contributed by atoms with E-state index in [0.717, 1.165) is 11.1 Å². The van der Waals surface area contributed by atoms with Crippen molar-refractivity contribution in [3.05, 3.63) is 95.9 Å². The molecule has 0 aliphatic carbocycles. The van der Waals surface area contributed by atoms with E-state index in [-0.39, 0.29) is 30.2 Å². The van der Waals surface area contributed by atoms with E-state index in [2.05, 4.69) is 34.9 Å². The summed E-state index contributed by atoms with van der Waals surface area (Å²) in [5.74, 6) is -0.468. The van der Waals surface area contributed by atoms with Gasteiger partial charge in [-0.15, -0.1) is 0 Å². The van der Waals surface area contributed by atoms with Crippen LogP contribution in [0, 0.1) is 0 Å². The van der Waals surface area contributed by atoms with Gasteiger partial charge in [0.2, 0.25) is 5.91 Å². The van der Waals surface area contributed by atoms with Gasteiger partial charge in [-0.1, -0.05) is 60.7 Å². The van der Waals surface area contributed by atoms with Gasteiger partial charge in [-0.3, -0.25) is 9.59 Å². The summed E-state index contributed by atoms with van der Waals surface area (Å²) in [6.45, 7) is 1.86. The van der Waals surface area contributed by atoms with Crippen LogP contribution in [-0.2, 0) is 4.79 Å². The van der Waals surface area contributed by atoms with Crippen LogP contribution >= 0.6 is 0 Å². The number of rotatable bonds is 7. The topological polar surface area (TPSA) is 71.3 Å². The molecule has 1 unspecified atom stereocenters. The number of carbonyl (C=O) groups excluding carboxylic acids is 2. The number of benzene rings is 2. The van der Waals surface area contributed by atoms with Crippen LogP contribution in [0.5, 0.6) is 0 Å². The van der Waals surface area contributed by atoms with Gasteiger partial charge in [0.1, 0.15) is 0 Å². The van der Waals surface area contributed by atoms with Crippen molar-refractivity contribution in [2.24, 2.45) is 0 Å². The monoisotopic (exact) mass is 362 g/mol. The van der Waals surface area contributed by atoms with E-state index in [4.69, 9.17) is 4.42 Å². The van der Waals surface area contributed by atoms with Crippen molar-refractivity contribution in [2.45, 2.75) is 18.9 Å². The van der Waals surface area contributed by atoms with Gasteiger partial charge in [0.15, 0.2) is 5.76 Å². The van der Waals surface area contributed by atoms with Gasteiger partial charge in [0.05, 0.1) is 12.8 Å². The van der Waals surface area contributed by atoms with Crippen molar-refractivity contribution in [2.75, 3.05) is 6.54 Å². The molecule has 5 heteroatoms. The summed E-state index contributed by atoms with van der Waals surface area (Å²) in [5.41, 5.74) is 2.24. The second-order valence-electron chi connectivity index (χ2n) is 6.32. The minimum Gasteiger partial charge on any atom is -0.459 e. The average Bonchev–Trinajstić information content (AvgIpc) is 3.23. The Hall–Kier alpha value is -3.34. The molecule has 2 amide bonds. The SMILES string of the molecule is CC(NC(=O)CNC(=O)c1ccco1)C(c1ccccc1)c1ccccc1. The highest BCUT2D eigenvalue weighted by molar-refractivity contribution is 5.94. The van der Waals surface area contributed by atoms with Crippen LogP contribution in [0.25, 0.3) is 0 Å². The lowest BCUT2D eigenvalue weighted by atomic mass is 9.86. The Kier molecular flexibility index (Phi) is 6.05. The lowest BCUT2D eigenvalue weighted by molar-refractivity contribution is -0.120. The van der Waals surface area contributed by atoms with Gasteiger partial charge < -0.3 is 15.1 Å². The molecule has 3 aromatic rings. The van der Waals surface area contributed by atoms with E-state index in [0.29, 0.717) is 0 Å². The Morgan fingerprint density at radius 2 is 1.48 bits per heavy atom. The van der Waals surface area contributed by atoms with Crippen LogP contribution in [0.15, 0.2) is 83.5 Å². The van der Waals surface area contributed by atoms with Crippen LogP contribution in [-0.4, -0.2) is 24.4 Å². The van der Waals surface area contributed by atoms with E-state index in [1.165, 1.54) is 6.26 Å². The predicted octanol–water partition coefficient (Wildman–Crippen LogP) is 3.35. The van der Waals surface area contributed by atoms with E-state index < -0.39 is 5.91 Å². The normalized spacial score (nSPS) is 11.8. The van der Waals surface area contributed by atoms with Gasteiger partial charge in [0.25, 0.3) is 5.91 Å². The molecule has 27 heavy (non-hydrogen) atoms. The van der Waals surface area contributed by atoms with Crippen molar-refractivity contribution >= 4 is 11.8 Å². The van der Waals surface area contributed by atoms with Crippen molar-refractivity contribution in [1.82, 2.24) is 10.6 Å². The van der Waals surface area contributed by atoms with Gasteiger partial charge in [0, 0.05) is 12.0 Å². The van der Waals surface area contributed by atoms with Crippen molar-refractivity contribution in [3.63, 3.8) is 0 Å². The molecule has 3 rings (SSSR count). The number of hydrogen-bond donors (Lipinski definition) is 2. The van der Waals surface area contributed by atoms with Crippen LogP contribution in [0.2, 0.25) is 0 Å². The first-order chi connectivity index (χ1) is 13.1. The molecule has 0 aliphatic rings. The fraction of sp³-hybridized carbons (Fsp3) is 0.182. The molecule has 1 atom stereocenters. The largest absolute Gasteiger partial charge is 0.459 e. The molecular formula is C22H22N2O3. The third-order valence-electron chi connectivity index (χ3n) is 4.36. The fourth-order valence-electron chi connectivity index (χ4n) is 3.13. The summed E-state index contributed by atoms with van der Waals surface area (Å²) in [6.07, 6.45) is 1.42. The Labute approximate surface area is 158 Å². The lowest BCUT2D eigenvalue weighted by Crippen LogP contribution is -2.43. The smallest absolute Gasteiger partial charge is 0.287 e. The highest BCUT2D eigenvalue weighted by Gasteiger charge is 2.23. The maximum Gasteiger partial charge on any atom is 0.287 e. The zero-order valence-corrected chi connectivity index (χ0v) is 15.1. The molecule has 138 valence electrons. The highest BCUT2D eigenvalue weighted by Crippen LogP contribution is 2.27. The van der Waals surface area contributed by atoms with E-state index >= 15 is 0 Å². The summed E-state index contributed by atoms with van der Waals surface area (Å²) in [4.78, 5) is 24.2. The Bertz CT molecular complexity index is 822. The molecule has 0 saturated carbocycles. The number of hydrogen-bond acceptors (Lipinski definition) is 3. The standard InChI is InChI=1S/C22H22N2O3/c1-16(24-20(25)15-23-22(26)19-13-8-14-27-19)21(17-9-4-2-5-10-17)18-11-6-3-7-12-18/h2-14,16,21H,15H2,1H3,(H,23,26)(H,24,25). The summed E-state index contributed by atoms with van der Waals surface area (Å²) in [6, 6.07) is 23.1. The van der Waals surface area contributed by atoms with Crippen LogP contribution in [0.4, 0.5) is 0 Å². The molecule has 0 aliphatic heterocycles. The molecule has 1 aromatic heterocycles. The molecule has 0 spiro atoms. The van der Waals surface area contributed by atoms with E-state index in [9.17, 15) is 9.59 Å². The van der Waals surface area contributed by atoms with Crippen LogP contribution in [0.3, 0.4) is 0 Å². The van der Waals surface area contributed by atoms with E-state index in [1.807, 2.05) is 43.3 Å². The van der Waals surface area contributed by atoms with Gasteiger partial charge in [-0.2, -0.15) is 0 Å². The Morgan fingerprint density at radius 1 is 0.889 bits per heavy atom. The predicted molar refractivity (Wildman–Crippen MR) is 103 cm³/mol. The minimum atomic E-state index is -0.412. The number of amides is 2. The van der Waals surface area contributed by atoms with Crippen molar-refractivity contribution in [1.29, 1.82) is 0 Å². The molecule has 0 radical (unpaired) electrons. The Balaban J connectivity index is 1.66. The van der Waals surface area contributed by atoms with Gasteiger partial charge in [-0.25, -0.2) is 0 Å². The van der Waals surface area contributed by atoms with Crippen LogP contribution in [0.1, 0.15) is 34.5 Å². The van der Waals surface area contributed by atoms with Gasteiger partial charge in [-0.05, 0) is 30.2 Å². The number of furan rings is 1. The van der Waals surface area contributed by atoms with Crippen LogP contribution < -0.4 is 10.6 Å². The maximum atomic E-state index is 12.3. The molecule has 0 bridgehead atoms. The molecule has 0 fully saturated rings. The summed E-state index contributed by atoms with van der Waals surface area (Å²) in [7, 11) is 0. The zero-order valence-electron chi connectivity index (χ0n) is 15.1. The number of nitrogens with one attached hydrogen (secondary N) is 2. The summed E-state index contributed by atoms with van der Waals surface area (Å²) >= 11 is 0. The first-order valence-electron chi connectivity index (χ1n) is 8.86. The second-order valence-corrected chi connectivity index (χ2v) is 6.32. The third-order valence-corrected chi connectivity index (χ3v) is 4.36. The van der Waals surface area contributed by atoms with Gasteiger partial charge >= 0.3 is 0 Å². The lowest BCUT2D eigenvalue weighted by Gasteiger charge is -2.26. The summed E-state index contributed by atoms with van der Waals surface area (Å²) < 4.78 is 5.02. The zero-order chi connectivity index (χ0) is 19.1. The summed E-state index contributed by atoms with van der Waals surface area (Å²) in [5, 5.41) is 5.56. The quantitative estimate of drug-likeness (QED) is 0.677. The number of carbonyl (C=O) groups is 2. The maximum absolute atomic E-state index is 12.3. The first-order valence-corrected chi connectivity index (χ1v) is 8.86. The minimum absolute atomic E-state index is 0.0112. The average molecular weight is 362 g/mol. The van der Waals surface area contributed by atoms with Crippen molar-refractivity contribution in [3.8, 4) is 0 Å². The second kappa shape index (κ2) is 8.85. The molecular weight excluding hydrogens is 340 g/mol. The molecule has 5 nitrogen and oxygen atoms in total. The molecule has 2 aromatic carbocycles. The van der Waals surface area contributed by atoms with E-state index in [1.54, 1.807) is 12.1 Å². The molecule has 2 N–H and O–H groups in total. The fourth-order valence-corrected chi connectivity index (χ4v) is 3.13. The highest BCUT2D eigenvalue weighted by atomic mass is 16.3. The Morgan fingerprint density at radius 3 is 2.00 bits per heavy atom. The third kappa shape index (κ3) is 4.85. The first kappa shape index (κ1) is 18.5.